The molecule has 186 valence electrons. The second-order valence-electron chi connectivity index (χ2n) is 8.87. The summed E-state index contributed by atoms with van der Waals surface area (Å²) in [6.45, 7) is 4.29. The average molecular weight is 511 g/mol. The maximum Gasteiger partial charge on any atom is 0.214 e. The molecular formula is C29H27N4O3P. The minimum Gasteiger partial charge on any atom is -0.489 e. The van der Waals surface area contributed by atoms with Crippen LogP contribution in [0.2, 0.25) is 0 Å². The number of aromatic nitrogens is 4. The molecule has 1 atom stereocenters. The Morgan fingerprint density at radius 2 is 1.78 bits per heavy atom. The van der Waals surface area contributed by atoms with Gasteiger partial charge in [-0.15, -0.1) is 9.24 Å². The van der Waals surface area contributed by atoms with Gasteiger partial charge >= 0.3 is 0 Å². The lowest BCUT2D eigenvalue weighted by atomic mass is 10.1. The molecule has 0 aliphatic rings. The van der Waals surface area contributed by atoms with Gasteiger partial charge in [-0.3, -0.25) is 4.79 Å². The summed E-state index contributed by atoms with van der Waals surface area (Å²) in [5.41, 5.74) is 6.10. The first-order chi connectivity index (χ1) is 17.9. The molecule has 0 saturated carbocycles. The second kappa shape index (κ2) is 10.5. The second-order valence-corrected chi connectivity index (χ2v) is 9.49. The van der Waals surface area contributed by atoms with Gasteiger partial charge in [-0.1, -0.05) is 35.9 Å². The summed E-state index contributed by atoms with van der Waals surface area (Å²) in [5.74, 6) is 1.88. The van der Waals surface area contributed by atoms with E-state index in [1.54, 1.807) is 18.3 Å². The van der Waals surface area contributed by atoms with Gasteiger partial charge in [0.25, 0.3) is 0 Å². The molecule has 0 bridgehead atoms. The number of benzene rings is 2. The number of carbonyl (C=O) groups excluding carboxylic acids is 1. The SMILES string of the molecule is CC(=O)c1ccc2nc(COc3cc(-c4cccc(OCc5ccc(C)cc5P)c4)ccn3)n(C)c2n1. The molecule has 5 rings (SSSR count). The Balaban J connectivity index is 1.29. The van der Waals surface area contributed by atoms with Crippen molar-refractivity contribution >= 4 is 31.5 Å². The van der Waals surface area contributed by atoms with Crippen molar-refractivity contribution in [3.05, 3.63) is 95.6 Å². The van der Waals surface area contributed by atoms with Crippen LogP contribution in [0.3, 0.4) is 0 Å². The van der Waals surface area contributed by atoms with Gasteiger partial charge in [0.1, 0.15) is 36.0 Å². The van der Waals surface area contributed by atoms with Gasteiger partial charge < -0.3 is 14.0 Å². The number of hydrogen-bond donors (Lipinski definition) is 0. The zero-order valence-corrected chi connectivity index (χ0v) is 22.1. The smallest absolute Gasteiger partial charge is 0.214 e. The number of Topliss-reactive ketones (excluding diaryl/α,β-unsaturated/α-hetero) is 1. The maximum atomic E-state index is 11.7. The Morgan fingerprint density at radius 3 is 2.59 bits per heavy atom. The van der Waals surface area contributed by atoms with E-state index in [-0.39, 0.29) is 12.4 Å². The fraction of sp³-hybridized carbons (Fsp3) is 0.172. The van der Waals surface area contributed by atoms with Crippen molar-refractivity contribution in [2.24, 2.45) is 7.05 Å². The van der Waals surface area contributed by atoms with Crippen LogP contribution in [0.4, 0.5) is 0 Å². The fourth-order valence-electron chi connectivity index (χ4n) is 4.02. The molecule has 7 nitrogen and oxygen atoms in total. The monoisotopic (exact) mass is 510 g/mol. The number of nitrogens with zero attached hydrogens (tertiary/aromatic N) is 4. The molecule has 8 heteroatoms. The number of rotatable bonds is 8. The minimum atomic E-state index is -0.0827. The van der Waals surface area contributed by atoms with E-state index in [1.165, 1.54) is 12.5 Å². The Labute approximate surface area is 217 Å². The summed E-state index contributed by atoms with van der Waals surface area (Å²) in [5, 5.41) is 1.14. The predicted molar refractivity (Wildman–Crippen MR) is 147 cm³/mol. The highest BCUT2D eigenvalue weighted by Crippen LogP contribution is 2.27. The number of ketones is 1. The van der Waals surface area contributed by atoms with Crippen molar-refractivity contribution in [2.45, 2.75) is 27.1 Å². The third-order valence-electron chi connectivity index (χ3n) is 6.12. The van der Waals surface area contributed by atoms with Gasteiger partial charge in [-0.05, 0) is 59.3 Å². The number of imidazole rings is 1. The van der Waals surface area contributed by atoms with Gasteiger partial charge in [0.2, 0.25) is 5.88 Å². The van der Waals surface area contributed by atoms with E-state index in [2.05, 4.69) is 49.3 Å². The third-order valence-corrected chi connectivity index (χ3v) is 6.65. The van der Waals surface area contributed by atoms with E-state index in [0.29, 0.717) is 35.2 Å². The molecule has 37 heavy (non-hydrogen) atoms. The molecule has 0 N–H and O–H groups in total. The molecule has 0 spiro atoms. The molecule has 5 aromatic rings. The first kappa shape index (κ1) is 24.6. The Hall–Kier alpha value is -4.09. The zero-order chi connectivity index (χ0) is 25.9. The normalized spacial score (nSPS) is 11.0. The van der Waals surface area contributed by atoms with Crippen LogP contribution in [0.15, 0.2) is 72.9 Å². The van der Waals surface area contributed by atoms with E-state index in [0.717, 1.165) is 27.7 Å². The van der Waals surface area contributed by atoms with Crippen LogP contribution in [0.1, 0.15) is 34.4 Å². The summed E-state index contributed by atoms with van der Waals surface area (Å²) >= 11 is 0. The van der Waals surface area contributed by atoms with Crippen LogP contribution < -0.4 is 14.8 Å². The molecule has 0 aliphatic carbocycles. The molecular weight excluding hydrogens is 483 g/mol. The Bertz CT molecular complexity index is 1610. The van der Waals surface area contributed by atoms with Crippen molar-refractivity contribution in [2.75, 3.05) is 0 Å². The van der Waals surface area contributed by atoms with E-state index in [1.807, 2.05) is 48.0 Å². The highest BCUT2D eigenvalue weighted by Gasteiger charge is 2.13. The van der Waals surface area contributed by atoms with E-state index in [4.69, 9.17) is 9.47 Å². The molecule has 0 aliphatic heterocycles. The van der Waals surface area contributed by atoms with Crippen molar-refractivity contribution in [1.29, 1.82) is 0 Å². The van der Waals surface area contributed by atoms with Crippen LogP contribution in [-0.2, 0) is 20.3 Å². The maximum absolute atomic E-state index is 11.7. The van der Waals surface area contributed by atoms with Gasteiger partial charge in [-0.2, -0.15) is 0 Å². The van der Waals surface area contributed by atoms with Crippen LogP contribution >= 0.6 is 9.24 Å². The standard InChI is InChI=1S/C29H27N4O3P/c1-18-7-8-22(26(37)13-18)16-35-23-6-4-5-20(14-23)21-11-12-30-28(15-21)36-17-27-31-25-10-9-24(19(2)34)32-29(25)33(27)3/h4-15H,16-17,37H2,1-3H3. The quantitative estimate of drug-likeness (QED) is 0.211. The van der Waals surface area contributed by atoms with E-state index >= 15 is 0 Å². The average Bonchev–Trinajstić information content (AvgIpc) is 3.22. The first-order valence-corrected chi connectivity index (χ1v) is 12.5. The summed E-state index contributed by atoms with van der Waals surface area (Å²) in [4.78, 5) is 25.1. The van der Waals surface area contributed by atoms with Gasteiger partial charge in [0, 0.05) is 26.2 Å². The highest BCUT2D eigenvalue weighted by molar-refractivity contribution is 7.27. The largest absolute Gasteiger partial charge is 0.489 e. The molecule has 0 amide bonds. The van der Waals surface area contributed by atoms with Crippen molar-refractivity contribution in [1.82, 2.24) is 19.5 Å². The van der Waals surface area contributed by atoms with E-state index in [9.17, 15) is 4.79 Å². The van der Waals surface area contributed by atoms with Crippen LogP contribution in [0.25, 0.3) is 22.3 Å². The number of fused-ring (bicyclic) bond motifs is 1. The lowest BCUT2D eigenvalue weighted by Gasteiger charge is -2.11. The Kier molecular flexibility index (Phi) is 6.97. The summed E-state index contributed by atoms with van der Waals surface area (Å²) in [6, 6.07) is 21.6. The predicted octanol–water partition coefficient (Wildman–Crippen LogP) is 5.20. The first-order valence-electron chi connectivity index (χ1n) is 11.9. The molecule has 0 radical (unpaired) electrons. The minimum absolute atomic E-state index is 0.0827. The molecule has 0 saturated heterocycles. The lowest BCUT2D eigenvalue weighted by molar-refractivity contribution is 0.101. The number of hydrogen-bond acceptors (Lipinski definition) is 6. The fourth-order valence-corrected chi connectivity index (χ4v) is 4.46. The summed E-state index contributed by atoms with van der Waals surface area (Å²) in [7, 11) is 4.63. The molecule has 0 fully saturated rings. The van der Waals surface area contributed by atoms with Crippen molar-refractivity contribution in [3.63, 3.8) is 0 Å². The highest BCUT2D eigenvalue weighted by atomic mass is 31.0. The molecule has 1 unspecified atom stereocenters. The van der Waals surface area contributed by atoms with Crippen molar-refractivity contribution in [3.8, 4) is 22.8 Å². The summed E-state index contributed by atoms with van der Waals surface area (Å²) < 4.78 is 13.9. The zero-order valence-electron chi connectivity index (χ0n) is 20.9. The molecule has 3 aromatic heterocycles. The number of ether oxygens (including phenoxy) is 2. The number of carbonyl (C=O) groups is 1. The molecule has 3 heterocycles. The molecule has 2 aromatic carbocycles. The number of pyridine rings is 2. The van der Waals surface area contributed by atoms with Gasteiger partial charge in [0.05, 0.1) is 0 Å². The van der Waals surface area contributed by atoms with Crippen molar-refractivity contribution < 1.29 is 14.3 Å². The Morgan fingerprint density at radius 1 is 0.946 bits per heavy atom. The van der Waals surface area contributed by atoms with Crippen LogP contribution in [0, 0.1) is 6.92 Å². The van der Waals surface area contributed by atoms with Gasteiger partial charge in [0.15, 0.2) is 11.4 Å². The van der Waals surface area contributed by atoms with E-state index < -0.39 is 0 Å². The van der Waals surface area contributed by atoms with Crippen LogP contribution in [-0.4, -0.2) is 25.3 Å². The third kappa shape index (κ3) is 5.52. The van der Waals surface area contributed by atoms with Crippen LogP contribution in [0.5, 0.6) is 11.6 Å². The van der Waals surface area contributed by atoms with Gasteiger partial charge in [-0.25, -0.2) is 15.0 Å². The lowest BCUT2D eigenvalue weighted by Crippen LogP contribution is -2.06. The topological polar surface area (TPSA) is 79.1 Å². The summed E-state index contributed by atoms with van der Waals surface area (Å²) in [6.07, 6.45) is 1.72. The number of aryl methyl sites for hydroxylation is 2.